The largest absolute Gasteiger partial charge is 0.382 e. The number of carbonyl (C=O) groups excluding carboxylic acids is 2. The average molecular weight is 332 g/mol. The zero-order chi connectivity index (χ0) is 17.7. The second-order valence-electron chi connectivity index (χ2n) is 6.60. The van der Waals surface area contributed by atoms with Crippen LogP contribution in [-0.4, -0.2) is 37.1 Å². The molecule has 2 rings (SSSR count). The Labute approximate surface area is 144 Å². The third-order valence-corrected chi connectivity index (χ3v) is 4.62. The lowest BCUT2D eigenvalue weighted by Crippen LogP contribution is -2.55. The maximum atomic E-state index is 12.8. The van der Waals surface area contributed by atoms with Crippen LogP contribution < -0.4 is 10.2 Å². The molecule has 1 aliphatic rings. The normalized spacial score (nSPS) is 20.5. The molecule has 132 valence electrons. The van der Waals surface area contributed by atoms with Crippen molar-refractivity contribution in [3.05, 3.63) is 29.3 Å². The van der Waals surface area contributed by atoms with E-state index in [1.165, 1.54) is 0 Å². The summed E-state index contributed by atoms with van der Waals surface area (Å²) in [6.07, 6.45) is 1.71. The van der Waals surface area contributed by atoms with Crippen LogP contribution in [0.25, 0.3) is 0 Å². The van der Waals surface area contributed by atoms with Crippen LogP contribution in [-0.2, 0) is 14.3 Å². The van der Waals surface area contributed by atoms with Gasteiger partial charge in [-0.2, -0.15) is 0 Å². The molecule has 0 radical (unpaired) electrons. The smallest absolute Gasteiger partial charge is 0.246 e. The van der Waals surface area contributed by atoms with E-state index in [2.05, 4.69) is 5.32 Å². The molecule has 0 aliphatic carbocycles. The van der Waals surface area contributed by atoms with E-state index in [9.17, 15) is 9.59 Å². The fourth-order valence-corrected chi connectivity index (χ4v) is 3.14. The Kier molecular flexibility index (Phi) is 5.99. The van der Waals surface area contributed by atoms with Gasteiger partial charge in [0.1, 0.15) is 5.54 Å². The first kappa shape index (κ1) is 18.5. The van der Waals surface area contributed by atoms with Gasteiger partial charge in [0.2, 0.25) is 11.8 Å². The summed E-state index contributed by atoms with van der Waals surface area (Å²) < 4.78 is 5.29. The van der Waals surface area contributed by atoms with Crippen molar-refractivity contribution in [1.82, 2.24) is 5.32 Å². The van der Waals surface area contributed by atoms with Gasteiger partial charge in [0.15, 0.2) is 0 Å². The molecule has 0 aromatic heterocycles. The lowest BCUT2D eigenvalue weighted by molar-refractivity contribution is -0.127. The molecule has 1 aliphatic heterocycles. The Morgan fingerprint density at radius 1 is 1.38 bits per heavy atom. The van der Waals surface area contributed by atoms with Gasteiger partial charge in [-0.05, 0) is 57.7 Å². The van der Waals surface area contributed by atoms with Gasteiger partial charge in [-0.15, -0.1) is 0 Å². The number of hydrogen-bond acceptors (Lipinski definition) is 3. The molecule has 1 fully saturated rings. The lowest BCUT2D eigenvalue weighted by atomic mass is 9.96. The van der Waals surface area contributed by atoms with Crippen molar-refractivity contribution < 1.29 is 14.3 Å². The van der Waals surface area contributed by atoms with E-state index in [1.807, 2.05) is 45.9 Å². The molecule has 24 heavy (non-hydrogen) atoms. The highest BCUT2D eigenvalue weighted by molar-refractivity contribution is 6.07. The van der Waals surface area contributed by atoms with Crippen LogP contribution in [0.5, 0.6) is 0 Å². The molecule has 2 amide bonds. The number of benzene rings is 1. The number of anilines is 1. The summed E-state index contributed by atoms with van der Waals surface area (Å²) >= 11 is 0. The summed E-state index contributed by atoms with van der Waals surface area (Å²) in [7, 11) is 0. The number of rotatable bonds is 7. The number of hydrogen-bond donors (Lipinski definition) is 1. The molecule has 0 unspecified atom stereocenters. The number of nitrogens with zero attached hydrogens (tertiary/aromatic N) is 1. The summed E-state index contributed by atoms with van der Waals surface area (Å²) in [5.41, 5.74) is 2.09. The third-order valence-electron chi connectivity index (χ3n) is 4.62. The van der Waals surface area contributed by atoms with Crippen LogP contribution >= 0.6 is 0 Å². The Balaban J connectivity index is 2.15. The van der Waals surface area contributed by atoms with Crippen molar-refractivity contribution in [2.75, 3.05) is 24.7 Å². The second kappa shape index (κ2) is 7.79. The highest BCUT2D eigenvalue weighted by atomic mass is 16.5. The van der Waals surface area contributed by atoms with Gasteiger partial charge in [0.05, 0.1) is 0 Å². The van der Waals surface area contributed by atoms with E-state index in [4.69, 9.17) is 4.74 Å². The van der Waals surface area contributed by atoms with Crippen molar-refractivity contribution >= 4 is 17.5 Å². The van der Waals surface area contributed by atoms with Gasteiger partial charge in [0, 0.05) is 31.9 Å². The van der Waals surface area contributed by atoms with Crippen molar-refractivity contribution in [1.29, 1.82) is 0 Å². The van der Waals surface area contributed by atoms with E-state index in [0.29, 0.717) is 32.6 Å². The number of amides is 2. The van der Waals surface area contributed by atoms with E-state index in [0.717, 1.165) is 23.2 Å². The van der Waals surface area contributed by atoms with Crippen LogP contribution in [0.1, 0.15) is 44.2 Å². The van der Waals surface area contributed by atoms with Gasteiger partial charge in [-0.1, -0.05) is 12.1 Å². The maximum Gasteiger partial charge on any atom is 0.246 e. The molecule has 5 nitrogen and oxygen atoms in total. The monoisotopic (exact) mass is 332 g/mol. The van der Waals surface area contributed by atoms with Crippen LogP contribution in [0.4, 0.5) is 5.69 Å². The van der Waals surface area contributed by atoms with Crippen LogP contribution in [0.15, 0.2) is 18.2 Å². The van der Waals surface area contributed by atoms with Crippen molar-refractivity contribution in [3.63, 3.8) is 0 Å². The van der Waals surface area contributed by atoms with E-state index in [1.54, 1.807) is 4.90 Å². The molecule has 0 spiro atoms. The number of aryl methyl sites for hydroxylation is 2. The maximum absolute atomic E-state index is 12.8. The first-order chi connectivity index (χ1) is 11.4. The lowest BCUT2D eigenvalue weighted by Gasteiger charge is -2.35. The predicted molar refractivity (Wildman–Crippen MR) is 95.2 cm³/mol. The standard InChI is InChI=1S/C19H28N2O3/c1-5-24-12-6-11-20-18(23)19(4)10-9-17(22)21(19)16-13-14(2)7-8-15(16)3/h7-8,13H,5-6,9-12H2,1-4H3,(H,20,23)/t19-/m0/s1. The molecule has 0 bridgehead atoms. The quantitative estimate of drug-likeness (QED) is 0.781. The summed E-state index contributed by atoms with van der Waals surface area (Å²) in [6.45, 7) is 9.65. The molecular weight excluding hydrogens is 304 g/mol. The minimum atomic E-state index is -0.832. The van der Waals surface area contributed by atoms with Gasteiger partial charge in [0.25, 0.3) is 0 Å². The molecule has 1 atom stereocenters. The zero-order valence-electron chi connectivity index (χ0n) is 15.1. The second-order valence-corrected chi connectivity index (χ2v) is 6.60. The van der Waals surface area contributed by atoms with Gasteiger partial charge in [-0.25, -0.2) is 0 Å². The Morgan fingerprint density at radius 3 is 2.83 bits per heavy atom. The molecule has 1 N–H and O–H groups in total. The predicted octanol–water partition coefficient (Wildman–Crippen LogP) is 2.73. The van der Waals surface area contributed by atoms with Crippen molar-refractivity contribution in [2.45, 2.75) is 52.5 Å². The van der Waals surface area contributed by atoms with Gasteiger partial charge >= 0.3 is 0 Å². The first-order valence-electron chi connectivity index (χ1n) is 8.66. The van der Waals surface area contributed by atoms with Crippen LogP contribution in [0.3, 0.4) is 0 Å². The number of nitrogens with one attached hydrogen (secondary N) is 1. The number of ether oxygens (including phenoxy) is 1. The minimum absolute atomic E-state index is 0.00988. The molecule has 1 aromatic rings. The summed E-state index contributed by atoms with van der Waals surface area (Å²) in [5, 5.41) is 2.97. The van der Waals surface area contributed by atoms with Crippen LogP contribution in [0, 0.1) is 13.8 Å². The average Bonchev–Trinajstić information content (AvgIpc) is 2.86. The van der Waals surface area contributed by atoms with Crippen molar-refractivity contribution in [2.24, 2.45) is 0 Å². The molecule has 1 aromatic carbocycles. The first-order valence-corrected chi connectivity index (χ1v) is 8.66. The highest BCUT2D eigenvalue weighted by Gasteiger charge is 2.48. The molecule has 0 saturated carbocycles. The fourth-order valence-electron chi connectivity index (χ4n) is 3.14. The number of carbonyl (C=O) groups is 2. The van der Waals surface area contributed by atoms with E-state index >= 15 is 0 Å². The van der Waals surface area contributed by atoms with Gasteiger partial charge < -0.3 is 10.1 Å². The minimum Gasteiger partial charge on any atom is -0.382 e. The summed E-state index contributed by atoms with van der Waals surface area (Å²) in [6, 6.07) is 6.00. The van der Waals surface area contributed by atoms with Crippen molar-refractivity contribution in [3.8, 4) is 0 Å². The van der Waals surface area contributed by atoms with E-state index in [-0.39, 0.29) is 11.8 Å². The third kappa shape index (κ3) is 3.78. The molecule has 1 heterocycles. The Bertz CT molecular complexity index is 615. The summed E-state index contributed by atoms with van der Waals surface area (Å²) in [4.78, 5) is 27.0. The SMILES string of the molecule is CCOCCCNC(=O)[C@]1(C)CCC(=O)N1c1cc(C)ccc1C. The zero-order valence-corrected chi connectivity index (χ0v) is 15.1. The van der Waals surface area contributed by atoms with Gasteiger partial charge in [-0.3, -0.25) is 14.5 Å². The fraction of sp³-hybridized carbons (Fsp3) is 0.579. The summed E-state index contributed by atoms with van der Waals surface area (Å²) in [5.74, 6) is -0.0820. The molecular formula is C19H28N2O3. The van der Waals surface area contributed by atoms with Crippen LogP contribution in [0.2, 0.25) is 0 Å². The Hall–Kier alpha value is -1.88. The molecule has 1 saturated heterocycles. The highest BCUT2D eigenvalue weighted by Crippen LogP contribution is 2.37. The Morgan fingerprint density at radius 2 is 2.12 bits per heavy atom. The van der Waals surface area contributed by atoms with E-state index < -0.39 is 5.54 Å². The topological polar surface area (TPSA) is 58.6 Å². The molecule has 5 heteroatoms.